The first kappa shape index (κ1) is 13.7. The molecule has 1 saturated heterocycles. The van der Waals surface area contributed by atoms with E-state index in [1.54, 1.807) is 14.0 Å². The van der Waals surface area contributed by atoms with Crippen LogP contribution in [-0.2, 0) is 14.1 Å². The topological polar surface area (TPSA) is 47.6 Å². The van der Waals surface area contributed by atoms with E-state index in [0.29, 0.717) is 6.32 Å². The molecule has 92 valence electrons. The molecule has 1 atom stereocenters. The Hall–Kier alpha value is -0.385. The quantitative estimate of drug-likeness (QED) is 0.734. The lowest BCUT2D eigenvalue weighted by molar-refractivity contribution is -0.118. The highest BCUT2D eigenvalue weighted by molar-refractivity contribution is 6.46. The highest BCUT2D eigenvalue weighted by Gasteiger charge is 2.51. The average molecular weight is 227 g/mol. The van der Waals surface area contributed by atoms with E-state index in [2.05, 4.69) is 5.32 Å². The van der Waals surface area contributed by atoms with Gasteiger partial charge in [0.2, 0.25) is 0 Å². The maximum atomic E-state index is 11.3. The van der Waals surface area contributed by atoms with Gasteiger partial charge in [0.1, 0.15) is 5.78 Å². The minimum absolute atomic E-state index is 0.109. The zero-order valence-electron chi connectivity index (χ0n) is 11.1. The van der Waals surface area contributed by atoms with Crippen LogP contribution in [0.4, 0.5) is 0 Å². The van der Waals surface area contributed by atoms with E-state index in [1.807, 2.05) is 27.7 Å². The predicted octanol–water partition coefficient (Wildman–Crippen LogP) is 1.26. The minimum Gasteiger partial charge on any atom is -0.403 e. The molecular formula is C11H22BNO3. The Bertz CT molecular complexity index is 262. The normalized spacial score (nSPS) is 24.5. The van der Waals surface area contributed by atoms with Gasteiger partial charge in [0.15, 0.2) is 0 Å². The van der Waals surface area contributed by atoms with Gasteiger partial charge >= 0.3 is 7.12 Å². The van der Waals surface area contributed by atoms with E-state index in [4.69, 9.17) is 9.31 Å². The summed E-state index contributed by atoms with van der Waals surface area (Å²) >= 11 is 0. The molecule has 0 aromatic carbocycles. The van der Waals surface area contributed by atoms with Gasteiger partial charge in [-0.3, -0.25) is 4.79 Å². The number of Topliss-reactive ketones (excluding diaryl/α,β-unsaturated/α-hetero) is 1. The van der Waals surface area contributed by atoms with Crippen LogP contribution < -0.4 is 5.32 Å². The third-order valence-electron chi connectivity index (χ3n) is 3.57. The van der Waals surface area contributed by atoms with E-state index in [1.165, 1.54) is 0 Å². The molecule has 0 saturated carbocycles. The second kappa shape index (κ2) is 4.47. The summed E-state index contributed by atoms with van der Waals surface area (Å²) in [4.78, 5) is 11.3. The molecular weight excluding hydrogens is 205 g/mol. The van der Waals surface area contributed by atoms with Gasteiger partial charge in [0, 0.05) is 6.32 Å². The van der Waals surface area contributed by atoms with E-state index < -0.39 is 0 Å². The molecule has 0 bridgehead atoms. The van der Waals surface area contributed by atoms with Crippen molar-refractivity contribution in [2.45, 2.75) is 58.2 Å². The third-order valence-corrected chi connectivity index (χ3v) is 3.57. The zero-order valence-corrected chi connectivity index (χ0v) is 11.1. The lowest BCUT2D eigenvalue weighted by atomic mass is 9.79. The molecule has 1 rings (SSSR count). The van der Waals surface area contributed by atoms with E-state index in [-0.39, 0.29) is 30.1 Å². The Balaban J connectivity index is 2.63. The molecule has 1 N–H and O–H groups in total. The fraction of sp³-hybridized carbons (Fsp3) is 0.909. The van der Waals surface area contributed by atoms with Crippen LogP contribution in [0.5, 0.6) is 0 Å². The summed E-state index contributed by atoms with van der Waals surface area (Å²) in [6.07, 6.45) is 0.554. The predicted molar refractivity (Wildman–Crippen MR) is 64.4 cm³/mol. The van der Waals surface area contributed by atoms with Crippen molar-refractivity contribution in [2.75, 3.05) is 7.05 Å². The van der Waals surface area contributed by atoms with Crippen LogP contribution >= 0.6 is 0 Å². The Kier molecular flexibility index (Phi) is 3.82. The summed E-state index contributed by atoms with van der Waals surface area (Å²) in [5.74, 6) is 0.109. The zero-order chi connectivity index (χ0) is 12.6. The first-order valence-electron chi connectivity index (χ1n) is 5.73. The van der Waals surface area contributed by atoms with Crippen molar-refractivity contribution in [3.05, 3.63) is 0 Å². The maximum Gasteiger partial charge on any atom is 0.459 e. The van der Waals surface area contributed by atoms with Crippen LogP contribution in [0.3, 0.4) is 0 Å². The molecule has 4 nitrogen and oxygen atoms in total. The summed E-state index contributed by atoms with van der Waals surface area (Å²) in [5.41, 5.74) is -0.653. The van der Waals surface area contributed by atoms with Crippen LogP contribution in [0.2, 0.25) is 6.32 Å². The van der Waals surface area contributed by atoms with Crippen LogP contribution in [0.25, 0.3) is 0 Å². The lowest BCUT2D eigenvalue weighted by Gasteiger charge is -2.32. The van der Waals surface area contributed by atoms with Crippen molar-refractivity contribution >= 4 is 12.9 Å². The van der Waals surface area contributed by atoms with Crippen molar-refractivity contribution in [1.82, 2.24) is 5.32 Å². The molecule has 0 aromatic rings. The molecule has 1 heterocycles. The molecule has 5 heteroatoms. The monoisotopic (exact) mass is 227 g/mol. The number of carbonyl (C=O) groups excluding carboxylic acids is 1. The third kappa shape index (κ3) is 2.65. The molecule has 0 aliphatic carbocycles. The van der Waals surface area contributed by atoms with Gasteiger partial charge in [0.25, 0.3) is 0 Å². The van der Waals surface area contributed by atoms with Gasteiger partial charge in [-0.1, -0.05) is 0 Å². The molecule has 16 heavy (non-hydrogen) atoms. The van der Waals surface area contributed by atoms with Gasteiger partial charge in [-0.2, -0.15) is 0 Å². The van der Waals surface area contributed by atoms with Crippen molar-refractivity contribution < 1.29 is 14.1 Å². The summed E-state index contributed by atoms with van der Waals surface area (Å²) < 4.78 is 11.7. The van der Waals surface area contributed by atoms with Crippen molar-refractivity contribution in [3.8, 4) is 0 Å². The average Bonchev–Trinajstić information content (AvgIpc) is 2.31. The van der Waals surface area contributed by atoms with Gasteiger partial charge in [-0.25, -0.2) is 0 Å². The Labute approximate surface area is 98.2 Å². The number of carbonyl (C=O) groups is 1. The summed E-state index contributed by atoms with van der Waals surface area (Å²) in [6, 6.07) is -0.199. The summed E-state index contributed by atoms with van der Waals surface area (Å²) in [7, 11) is 1.46. The second-order valence-corrected chi connectivity index (χ2v) is 5.37. The number of likely N-dealkylation sites (N-methyl/N-ethyl adjacent to an activating group) is 1. The van der Waals surface area contributed by atoms with E-state index in [9.17, 15) is 4.79 Å². The highest BCUT2D eigenvalue weighted by atomic mass is 16.7. The number of rotatable bonds is 4. The Morgan fingerprint density at radius 3 is 2.00 bits per heavy atom. The van der Waals surface area contributed by atoms with E-state index >= 15 is 0 Å². The molecule has 0 radical (unpaired) electrons. The molecule has 1 unspecified atom stereocenters. The van der Waals surface area contributed by atoms with Gasteiger partial charge < -0.3 is 14.6 Å². The van der Waals surface area contributed by atoms with Gasteiger partial charge in [0.05, 0.1) is 17.2 Å². The first-order chi connectivity index (χ1) is 7.19. The fourth-order valence-corrected chi connectivity index (χ4v) is 1.74. The molecule has 0 spiro atoms. The first-order valence-corrected chi connectivity index (χ1v) is 5.73. The van der Waals surface area contributed by atoms with E-state index in [0.717, 1.165) is 0 Å². The highest BCUT2D eigenvalue weighted by Crippen LogP contribution is 2.37. The number of ketones is 1. The van der Waals surface area contributed by atoms with Crippen LogP contribution in [0.15, 0.2) is 0 Å². The van der Waals surface area contributed by atoms with Crippen LogP contribution in [-0.4, -0.2) is 37.2 Å². The lowest BCUT2D eigenvalue weighted by Crippen LogP contribution is -2.41. The SMILES string of the molecule is CNC(CB1OC(C)(C)C(C)(C)O1)C(C)=O. The molecule has 1 aliphatic rings. The Morgan fingerprint density at radius 1 is 1.25 bits per heavy atom. The molecule has 1 aliphatic heterocycles. The summed E-state index contributed by atoms with van der Waals surface area (Å²) in [6.45, 7) is 9.61. The van der Waals surface area contributed by atoms with Crippen LogP contribution in [0, 0.1) is 0 Å². The largest absolute Gasteiger partial charge is 0.459 e. The number of hydrogen-bond donors (Lipinski definition) is 1. The second-order valence-electron chi connectivity index (χ2n) is 5.37. The minimum atomic E-state index is -0.327. The molecule has 0 aromatic heterocycles. The summed E-state index contributed by atoms with van der Waals surface area (Å²) in [5, 5.41) is 2.97. The fourth-order valence-electron chi connectivity index (χ4n) is 1.74. The van der Waals surface area contributed by atoms with Gasteiger partial charge in [-0.15, -0.1) is 0 Å². The van der Waals surface area contributed by atoms with Crippen molar-refractivity contribution in [3.63, 3.8) is 0 Å². The standard InChI is InChI=1S/C11H22BNO3/c1-8(14)9(13-6)7-12-15-10(2,3)11(4,5)16-12/h9,13H,7H2,1-6H3. The van der Waals surface area contributed by atoms with Crippen molar-refractivity contribution in [2.24, 2.45) is 0 Å². The number of hydrogen-bond acceptors (Lipinski definition) is 4. The van der Waals surface area contributed by atoms with Gasteiger partial charge in [-0.05, 0) is 41.7 Å². The van der Waals surface area contributed by atoms with Crippen LogP contribution in [0.1, 0.15) is 34.6 Å². The maximum absolute atomic E-state index is 11.3. The molecule has 1 fully saturated rings. The van der Waals surface area contributed by atoms with Crippen molar-refractivity contribution in [1.29, 1.82) is 0 Å². The smallest absolute Gasteiger partial charge is 0.403 e. The molecule has 0 amide bonds. The number of nitrogens with one attached hydrogen (secondary N) is 1. The Morgan fingerprint density at radius 2 is 1.69 bits per heavy atom.